The summed E-state index contributed by atoms with van der Waals surface area (Å²) in [5.41, 5.74) is 17.2. The van der Waals surface area contributed by atoms with E-state index in [4.69, 9.17) is 17.2 Å². The Kier molecular flexibility index (Phi) is 10.5. The SMILES string of the molecule is Cc1ccc(S(=O)(=O)NCC(=O)N2CCC[C@H]2C(=O)N(c2ccc([N+](=O)[O-])cc2)[C@@H](CCCN=C(N)N)C(N)=O)cc1. The lowest BCUT2D eigenvalue weighted by Crippen LogP contribution is -2.56. The molecule has 0 saturated carbocycles. The average Bonchev–Trinajstić information content (AvgIpc) is 3.43. The normalized spacial score (nSPS) is 15.5. The van der Waals surface area contributed by atoms with Gasteiger partial charge in [0.15, 0.2) is 5.96 Å². The van der Waals surface area contributed by atoms with Crippen molar-refractivity contribution in [3.63, 3.8) is 0 Å². The topological polar surface area (TPSA) is 237 Å². The molecule has 0 aromatic heterocycles. The van der Waals surface area contributed by atoms with E-state index in [0.29, 0.717) is 6.42 Å². The summed E-state index contributed by atoms with van der Waals surface area (Å²) >= 11 is 0. The molecule has 1 aliphatic rings. The molecule has 0 aliphatic carbocycles. The van der Waals surface area contributed by atoms with Crippen molar-refractivity contribution in [2.24, 2.45) is 22.2 Å². The predicted octanol–water partition coefficient (Wildman–Crippen LogP) is 0.113. The van der Waals surface area contributed by atoms with E-state index in [-0.39, 0.29) is 54.6 Å². The molecule has 2 aromatic rings. The lowest BCUT2D eigenvalue weighted by molar-refractivity contribution is -0.384. The van der Waals surface area contributed by atoms with E-state index in [0.717, 1.165) is 10.5 Å². The molecule has 2 aromatic carbocycles. The summed E-state index contributed by atoms with van der Waals surface area (Å²) in [5.74, 6) is -2.25. The predicted molar refractivity (Wildman–Crippen MR) is 155 cm³/mol. The fourth-order valence-corrected chi connectivity index (χ4v) is 5.60. The lowest BCUT2D eigenvalue weighted by Gasteiger charge is -2.34. The van der Waals surface area contributed by atoms with Crippen LogP contribution in [-0.4, -0.2) is 73.6 Å². The third-order valence-corrected chi connectivity index (χ3v) is 8.17. The standard InChI is InChI=1S/C26H34N8O7S/c1-17-6-12-20(13-7-17)42(40,41)31-16-23(35)32-15-3-5-22(32)25(37)33(18-8-10-19(11-9-18)34(38)39)21(24(27)36)4-2-14-30-26(28)29/h6-13,21-22,31H,2-5,14-16H2,1H3,(H2,27,36)(H4,28,29,30)/t21-,22-/m0/s1. The van der Waals surface area contributed by atoms with Crippen LogP contribution in [0.4, 0.5) is 11.4 Å². The number of amides is 3. The third-order valence-electron chi connectivity index (χ3n) is 6.75. The van der Waals surface area contributed by atoms with Crippen LogP contribution in [0.1, 0.15) is 31.2 Å². The van der Waals surface area contributed by atoms with E-state index in [1.165, 1.54) is 41.3 Å². The smallest absolute Gasteiger partial charge is 0.269 e. The van der Waals surface area contributed by atoms with Crippen molar-refractivity contribution >= 4 is 45.1 Å². The van der Waals surface area contributed by atoms with Crippen molar-refractivity contribution in [2.45, 2.75) is 49.6 Å². The summed E-state index contributed by atoms with van der Waals surface area (Å²) in [4.78, 5) is 56.6. The Morgan fingerprint density at radius 3 is 2.33 bits per heavy atom. The minimum Gasteiger partial charge on any atom is -0.370 e. The molecule has 1 heterocycles. The number of nitro benzene ring substituents is 1. The molecule has 1 aliphatic heterocycles. The zero-order chi connectivity index (χ0) is 31.0. The van der Waals surface area contributed by atoms with Gasteiger partial charge in [0.2, 0.25) is 21.8 Å². The molecule has 15 nitrogen and oxygen atoms in total. The number of nitrogens with one attached hydrogen (secondary N) is 1. The van der Waals surface area contributed by atoms with E-state index in [2.05, 4.69) is 9.71 Å². The molecule has 0 radical (unpaired) electrons. The third kappa shape index (κ3) is 8.01. The molecule has 1 saturated heterocycles. The second kappa shape index (κ2) is 13.9. The summed E-state index contributed by atoms with van der Waals surface area (Å²) in [6, 6.07) is 8.89. The van der Waals surface area contributed by atoms with Gasteiger partial charge in [-0.2, -0.15) is 0 Å². The number of primary amides is 1. The molecular weight excluding hydrogens is 568 g/mol. The number of hydrogen-bond donors (Lipinski definition) is 4. The van der Waals surface area contributed by atoms with Gasteiger partial charge in [0, 0.05) is 30.9 Å². The first kappa shape index (κ1) is 32.0. The first-order valence-corrected chi connectivity index (χ1v) is 14.6. The van der Waals surface area contributed by atoms with Crippen LogP contribution >= 0.6 is 0 Å². The fourth-order valence-electron chi connectivity index (χ4n) is 4.63. The molecule has 42 heavy (non-hydrogen) atoms. The Hall–Kier alpha value is -4.57. The molecule has 16 heteroatoms. The number of nitrogens with two attached hydrogens (primary N) is 3. The van der Waals surface area contributed by atoms with Gasteiger partial charge in [-0.3, -0.25) is 34.4 Å². The highest BCUT2D eigenvalue weighted by molar-refractivity contribution is 7.89. The molecule has 0 unspecified atom stereocenters. The van der Waals surface area contributed by atoms with Crippen molar-refractivity contribution in [1.82, 2.24) is 9.62 Å². The number of benzene rings is 2. The molecule has 3 amide bonds. The van der Waals surface area contributed by atoms with Crippen LogP contribution < -0.4 is 26.8 Å². The van der Waals surface area contributed by atoms with E-state index in [1.807, 2.05) is 6.92 Å². The number of hydrogen-bond acceptors (Lipinski definition) is 8. The zero-order valence-electron chi connectivity index (χ0n) is 23.0. The quantitative estimate of drug-likeness (QED) is 0.0799. The van der Waals surface area contributed by atoms with Crippen LogP contribution in [-0.2, 0) is 24.4 Å². The van der Waals surface area contributed by atoms with Gasteiger partial charge in [0.25, 0.3) is 11.6 Å². The van der Waals surface area contributed by atoms with Crippen LogP contribution in [0, 0.1) is 17.0 Å². The van der Waals surface area contributed by atoms with Crippen LogP contribution in [0.25, 0.3) is 0 Å². The van der Waals surface area contributed by atoms with Crippen molar-refractivity contribution in [1.29, 1.82) is 0 Å². The number of likely N-dealkylation sites (tertiary alicyclic amines) is 1. The molecule has 0 bridgehead atoms. The van der Waals surface area contributed by atoms with Crippen molar-refractivity contribution in [3.8, 4) is 0 Å². The summed E-state index contributed by atoms with van der Waals surface area (Å²) in [6.45, 7) is 1.56. The Morgan fingerprint density at radius 1 is 1.12 bits per heavy atom. The van der Waals surface area contributed by atoms with E-state index < -0.39 is 51.3 Å². The van der Waals surface area contributed by atoms with Crippen molar-refractivity contribution < 1.29 is 27.7 Å². The van der Waals surface area contributed by atoms with E-state index >= 15 is 0 Å². The van der Waals surface area contributed by atoms with Gasteiger partial charge in [0.1, 0.15) is 12.1 Å². The van der Waals surface area contributed by atoms with Gasteiger partial charge in [-0.1, -0.05) is 17.7 Å². The first-order chi connectivity index (χ1) is 19.8. The van der Waals surface area contributed by atoms with Gasteiger partial charge in [-0.05, 0) is 56.9 Å². The maximum absolute atomic E-state index is 14.0. The van der Waals surface area contributed by atoms with Crippen molar-refractivity contribution in [3.05, 3.63) is 64.2 Å². The monoisotopic (exact) mass is 602 g/mol. The van der Waals surface area contributed by atoms with Crippen LogP contribution in [0.3, 0.4) is 0 Å². The molecule has 226 valence electrons. The number of aryl methyl sites for hydroxylation is 1. The molecule has 7 N–H and O–H groups in total. The lowest BCUT2D eigenvalue weighted by atomic mass is 10.0. The van der Waals surface area contributed by atoms with Gasteiger partial charge >= 0.3 is 0 Å². The van der Waals surface area contributed by atoms with Crippen LogP contribution in [0.2, 0.25) is 0 Å². The van der Waals surface area contributed by atoms with Crippen LogP contribution in [0.15, 0.2) is 58.4 Å². The highest BCUT2D eigenvalue weighted by Crippen LogP contribution is 2.28. The van der Waals surface area contributed by atoms with E-state index in [1.54, 1.807) is 12.1 Å². The zero-order valence-corrected chi connectivity index (χ0v) is 23.8. The Bertz CT molecular complexity index is 1440. The summed E-state index contributed by atoms with van der Waals surface area (Å²) in [6.07, 6.45) is 1.03. The van der Waals surface area contributed by atoms with Crippen molar-refractivity contribution in [2.75, 3.05) is 24.5 Å². The minimum absolute atomic E-state index is 0.00989. The summed E-state index contributed by atoms with van der Waals surface area (Å²) in [7, 11) is -3.99. The number of rotatable bonds is 13. The number of carbonyl (C=O) groups excluding carboxylic acids is 3. The highest BCUT2D eigenvalue weighted by atomic mass is 32.2. The molecule has 3 rings (SSSR count). The number of nitro groups is 1. The number of nitrogens with zero attached hydrogens (tertiary/aromatic N) is 4. The number of carbonyl (C=O) groups is 3. The maximum Gasteiger partial charge on any atom is 0.269 e. The second-order valence-electron chi connectivity index (χ2n) is 9.73. The highest BCUT2D eigenvalue weighted by Gasteiger charge is 2.40. The number of non-ortho nitro benzene ring substituents is 1. The number of sulfonamides is 1. The number of aliphatic imine (C=N–C) groups is 1. The largest absolute Gasteiger partial charge is 0.370 e. The summed E-state index contributed by atoms with van der Waals surface area (Å²) in [5, 5.41) is 11.2. The van der Waals surface area contributed by atoms with E-state index in [9.17, 15) is 32.9 Å². The van der Waals surface area contributed by atoms with Crippen LogP contribution in [0.5, 0.6) is 0 Å². The number of guanidine groups is 1. The second-order valence-corrected chi connectivity index (χ2v) is 11.5. The van der Waals surface area contributed by atoms with Gasteiger partial charge in [-0.25, -0.2) is 13.1 Å². The Labute approximate surface area is 242 Å². The Balaban J connectivity index is 1.86. The first-order valence-electron chi connectivity index (χ1n) is 13.1. The molecular formula is C26H34N8O7S. The maximum atomic E-state index is 14.0. The van der Waals surface area contributed by atoms with Gasteiger partial charge < -0.3 is 22.1 Å². The molecule has 0 spiro atoms. The number of anilines is 1. The summed E-state index contributed by atoms with van der Waals surface area (Å²) < 4.78 is 27.7. The average molecular weight is 603 g/mol. The Morgan fingerprint density at radius 2 is 1.76 bits per heavy atom. The van der Waals surface area contributed by atoms with Gasteiger partial charge in [0.05, 0.1) is 16.4 Å². The molecule has 2 atom stereocenters. The minimum atomic E-state index is -3.99. The molecule has 1 fully saturated rings. The fraction of sp³-hybridized carbons (Fsp3) is 0.385. The van der Waals surface area contributed by atoms with Gasteiger partial charge in [-0.15, -0.1) is 0 Å².